The van der Waals surface area contributed by atoms with Crippen molar-refractivity contribution in [1.82, 2.24) is 9.21 Å². The van der Waals surface area contributed by atoms with Crippen molar-refractivity contribution in [2.24, 2.45) is 5.92 Å². The lowest BCUT2D eigenvalue weighted by Crippen LogP contribution is -2.44. The summed E-state index contributed by atoms with van der Waals surface area (Å²) < 4.78 is 39.3. The maximum absolute atomic E-state index is 13.5. The van der Waals surface area contributed by atoms with Crippen molar-refractivity contribution in [3.63, 3.8) is 0 Å². The van der Waals surface area contributed by atoms with Gasteiger partial charge in [0.05, 0.1) is 10.9 Å². The maximum atomic E-state index is 13.5. The van der Waals surface area contributed by atoms with Gasteiger partial charge in [0.1, 0.15) is 13.2 Å². The van der Waals surface area contributed by atoms with Crippen LogP contribution in [0.4, 0.5) is 0 Å². The summed E-state index contributed by atoms with van der Waals surface area (Å²) in [4.78, 5) is 15.8. The van der Waals surface area contributed by atoms with Gasteiger partial charge in [-0.15, -0.1) is 0 Å². The van der Waals surface area contributed by atoms with E-state index < -0.39 is 10.0 Å². The van der Waals surface area contributed by atoms with Gasteiger partial charge in [-0.1, -0.05) is 23.8 Å². The number of rotatable bonds is 4. The summed E-state index contributed by atoms with van der Waals surface area (Å²) in [7, 11) is -3.56. The van der Waals surface area contributed by atoms with Crippen molar-refractivity contribution in [3.8, 4) is 11.5 Å². The third-order valence-electron chi connectivity index (χ3n) is 7.24. The molecule has 34 heavy (non-hydrogen) atoms. The number of hydrogen-bond donors (Lipinski definition) is 0. The number of benzene rings is 2. The fraction of sp³-hybridized carbons (Fsp3) is 0.500. The molecule has 3 aliphatic heterocycles. The predicted molar refractivity (Wildman–Crippen MR) is 129 cm³/mol. The molecule has 7 nitrogen and oxygen atoms in total. The maximum Gasteiger partial charge on any atom is 0.243 e. The third-order valence-corrected chi connectivity index (χ3v) is 9.30. The SMILES string of the molecule is Cc1ccc(S(=O)(=O)N2CCC(C(=O)N3CCCC3c3ccc4c(c3)OCCO4)CC2)c(C)c1. The van der Waals surface area contributed by atoms with Gasteiger partial charge in [-0.25, -0.2) is 8.42 Å². The average Bonchev–Trinajstić information content (AvgIpc) is 3.33. The van der Waals surface area contributed by atoms with Gasteiger partial charge in [0.15, 0.2) is 11.5 Å². The zero-order chi connectivity index (χ0) is 23.9. The zero-order valence-electron chi connectivity index (χ0n) is 19.8. The molecule has 0 spiro atoms. The fourth-order valence-electron chi connectivity index (χ4n) is 5.45. The highest BCUT2D eigenvalue weighted by Crippen LogP contribution is 2.39. The highest BCUT2D eigenvalue weighted by molar-refractivity contribution is 7.89. The zero-order valence-corrected chi connectivity index (χ0v) is 20.6. The first-order chi connectivity index (χ1) is 16.3. The first-order valence-electron chi connectivity index (χ1n) is 12.1. The van der Waals surface area contributed by atoms with Crippen LogP contribution < -0.4 is 9.47 Å². The van der Waals surface area contributed by atoms with E-state index in [1.807, 2.05) is 49.1 Å². The van der Waals surface area contributed by atoms with E-state index >= 15 is 0 Å². The van der Waals surface area contributed by atoms with E-state index in [-0.39, 0.29) is 17.9 Å². The van der Waals surface area contributed by atoms with Gasteiger partial charge in [-0.3, -0.25) is 4.79 Å². The minimum Gasteiger partial charge on any atom is -0.486 e. The number of nitrogens with zero attached hydrogens (tertiary/aromatic N) is 2. The number of fused-ring (bicyclic) bond motifs is 1. The lowest BCUT2D eigenvalue weighted by Gasteiger charge is -2.35. The van der Waals surface area contributed by atoms with Crippen molar-refractivity contribution < 1.29 is 22.7 Å². The van der Waals surface area contributed by atoms with E-state index in [1.54, 1.807) is 6.07 Å². The molecule has 3 heterocycles. The molecule has 5 rings (SSSR count). The Morgan fingerprint density at radius 3 is 2.38 bits per heavy atom. The molecular weight excluding hydrogens is 452 g/mol. The first-order valence-corrected chi connectivity index (χ1v) is 13.6. The molecule has 2 saturated heterocycles. The number of likely N-dealkylation sites (tertiary alicyclic amines) is 1. The summed E-state index contributed by atoms with van der Waals surface area (Å²) in [5.74, 6) is 1.49. The number of hydrogen-bond acceptors (Lipinski definition) is 5. The van der Waals surface area contributed by atoms with E-state index in [4.69, 9.17) is 9.47 Å². The summed E-state index contributed by atoms with van der Waals surface area (Å²) in [5, 5.41) is 0. The fourth-order valence-corrected chi connectivity index (χ4v) is 7.13. The van der Waals surface area contributed by atoms with Crippen LogP contribution in [0.5, 0.6) is 11.5 Å². The topological polar surface area (TPSA) is 76.2 Å². The summed E-state index contributed by atoms with van der Waals surface area (Å²) in [5.41, 5.74) is 2.88. The second-order valence-corrected chi connectivity index (χ2v) is 11.4. The summed E-state index contributed by atoms with van der Waals surface area (Å²) >= 11 is 0. The molecule has 0 aromatic heterocycles. The molecular formula is C26H32N2O5S. The Labute approximate surface area is 201 Å². The van der Waals surface area contributed by atoms with Crippen molar-refractivity contribution in [2.45, 2.75) is 50.5 Å². The molecule has 1 amide bonds. The van der Waals surface area contributed by atoms with Crippen molar-refractivity contribution in [2.75, 3.05) is 32.8 Å². The first kappa shape index (κ1) is 23.2. The number of sulfonamides is 1. The van der Waals surface area contributed by atoms with Crippen LogP contribution in [0.1, 0.15) is 48.4 Å². The third kappa shape index (κ3) is 4.29. The normalized spacial score (nSPS) is 21.6. The lowest BCUT2D eigenvalue weighted by atomic mass is 9.95. The summed E-state index contributed by atoms with van der Waals surface area (Å²) in [6.45, 7) is 6.35. The van der Waals surface area contributed by atoms with Gasteiger partial charge >= 0.3 is 0 Å². The Morgan fingerprint density at radius 2 is 1.65 bits per heavy atom. The Morgan fingerprint density at radius 1 is 0.912 bits per heavy atom. The molecule has 0 bridgehead atoms. The molecule has 0 N–H and O–H groups in total. The van der Waals surface area contributed by atoms with Crippen LogP contribution in [0.3, 0.4) is 0 Å². The van der Waals surface area contributed by atoms with E-state index in [0.29, 0.717) is 44.0 Å². The van der Waals surface area contributed by atoms with Crippen molar-refractivity contribution in [1.29, 1.82) is 0 Å². The Kier molecular flexibility index (Phi) is 6.29. The molecule has 8 heteroatoms. The second kappa shape index (κ2) is 9.23. The summed E-state index contributed by atoms with van der Waals surface area (Å²) in [6, 6.07) is 11.4. The number of piperidine rings is 1. The van der Waals surface area contributed by atoms with Crippen LogP contribution >= 0.6 is 0 Å². The van der Waals surface area contributed by atoms with Gasteiger partial charge in [0.2, 0.25) is 15.9 Å². The van der Waals surface area contributed by atoms with E-state index in [1.165, 1.54) is 4.31 Å². The lowest BCUT2D eigenvalue weighted by molar-refractivity contribution is -0.137. The minimum atomic E-state index is -3.56. The number of ether oxygens (including phenoxy) is 2. The van der Waals surface area contributed by atoms with E-state index in [0.717, 1.165) is 47.6 Å². The molecule has 2 aromatic rings. The van der Waals surface area contributed by atoms with Gasteiger partial charge in [-0.05, 0) is 68.9 Å². The molecule has 1 atom stereocenters. The molecule has 0 aliphatic carbocycles. The molecule has 182 valence electrons. The predicted octanol–water partition coefficient (Wildman–Crippen LogP) is 3.84. The van der Waals surface area contributed by atoms with Crippen molar-refractivity contribution in [3.05, 3.63) is 53.1 Å². The van der Waals surface area contributed by atoms with Crippen LogP contribution in [0.2, 0.25) is 0 Å². The number of aryl methyl sites for hydroxylation is 2. The quantitative estimate of drug-likeness (QED) is 0.659. The molecule has 2 fully saturated rings. The van der Waals surface area contributed by atoms with Crippen LogP contribution in [0.15, 0.2) is 41.3 Å². The Balaban J connectivity index is 1.26. The number of carbonyl (C=O) groups is 1. The van der Waals surface area contributed by atoms with Crippen LogP contribution in [0, 0.1) is 19.8 Å². The van der Waals surface area contributed by atoms with Crippen molar-refractivity contribution >= 4 is 15.9 Å². The smallest absolute Gasteiger partial charge is 0.243 e. The molecule has 2 aromatic carbocycles. The average molecular weight is 485 g/mol. The van der Waals surface area contributed by atoms with Crippen LogP contribution in [0.25, 0.3) is 0 Å². The Hall–Kier alpha value is -2.58. The highest BCUT2D eigenvalue weighted by Gasteiger charge is 2.38. The van der Waals surface area contributed by atoms with Gasteiger partial charge < -0.3 is 14.4 Å². The largest absolute Gasteiger partial charge is 0.486 e. The van der Waals surface area contributed by atoms with Gasteiger partial charge in [0, 0.05) is 25.6 Å². The standard InChI is InChI=1S/C26H32N2O5S/c1-18-5-8-25(19(2)16-18)34(30,31)27-12-9-20(10-13-27)26(29)28-11-3-4-22(28)21-6-7-23-24(17-21)33-15-14-32-23/h5-8,16-17,20,22H,3-4,9-15H2,1-2H3. The molecule has 0 saturated carbocycles. The molecule has 1 unspecified atom stereocenters. The number of amides is 1. The monoisotopic (exact) mass is 484 g/mol. The second-order valence-electron chi connectivity index (χ2n) is 9.54. The highest BCUT2D eigenvalue weighted by atomic mass is 32.2. The van der Waals surface area contributed by atoms with Crippen LogP contribution in [-0.2, 0) is 14.8 Å². The van der Waals surface area contributed by atoms with Gasteiger partial charge in [-0.2, -0.15) is 4.31 Å². The number of carbonyl (C=O) groups excluding carboxylic acids is 1. The van der Waals surface area contributed by atoms with Crippen LogP contribution in [-0.4, -0.2) is 56.4 Å². The van der Waals surface area contributed by atoms with Gasteiger partial charge in [0.25, 0.3) is 0 Å². The van der Waals surface area contributed by atoms with E-state index in [2.05, 4.69) is 0 Å². The van der Waals surface area contributed by atoms with E-state index in [9.17, 15) is 13.2 Å². The Bertz CT molecular complexity index is 1190. The molecule has 3 aliphatic rings. The molecule has 0 radical (unpaired) electrons. The summed E-state index contributed by atoms with van der Waals surface area (Å²) in [6.07, 6.45) is 2.98. The minimum absolute atomic E-state index is 0.0281.